The van der Waals surface area contributed by atoms with Crippen LogP contribution in [-0.2, 0) is 6.54 Å². The fraction of sp³-hybridized carbons (Fsp3) is 0.550. The van der Waals surface area contributed by atoms with E-state index in [2.05, 4.69) is 27.8 Å². The van der Waals surface area contributed by atoms with Crippen LogP contribution in [0.1, 0.15) is 43.1 Å². The van der Waals surface area contributed by atoms with E-state index < -0.39 is 0 Å². The Morgan fingerprint density at radius 1 is 1.32 bits per heavy atom. The predicted molar refractivity (Wildman–Crippen MR) is 101 cm³/mol. The molecule has 1 aromatic heterocycles. The van der Waals surface area contributed by atoms with Crippen LogP contribution >= 0.6 is 0 Å². The molecule has 2 aromatic rings. The SMILES string of the molecule is CCn1c(C(=O)NCCCCN2CCCC2CO)cc2ccccc21. The molecule has 0 spiro atoms. The number of aliphatic hydroxyl groups is 1. The fourth-order valence-corrected chi connectivity index (χ4v) is 3.87. The minimum absolute atomic E-state index is 0.00690. The van der Waals surface area contributed by atoms with Crippen LogP contribution in [0.25, 0.3) is 10.9 Å². The molecule has 1 atom stereocenters. The summed E-state index contributed by atoms with van der Waals surface area (Å²) in [5, 5.41) is 13.5. The number of para-hydroxylation sites is 1. The van der Waals surface area contributed by atoms with Crippen molar-refractivity contribution in [2.24, 2.45) is 0 Å². The number of rotatable bonds is 8. The van der Waals surface area contributed by atoms with Crippen molar-refractivity contribution in [3.05, 3.63) is 36.0 Å². The van der Waals surface area contributed by atoms with Gasteiger partial charge in [-0.2, -0.15) is 0 Å². The summed E-state index contributed by atoms with van der Waals surface area (Å²) in [6.07, 6.45) is 4.30. The van der Waals surface area contributed by atoms with E-state index in [0.717, 1.165) is 55.5 Å². The highest BCUT2D eigenvalue weighted by atomic mass is 16.3. The number of aryl methyl sites for hydroxylation is 1. The Bertz CT molecular complexity index is 710. The minimum atomic E-state index is 0.00690. The van der Waals surface area contributed by atoms with Gasteiger partial charge in [0, 0.05) is 30.0 Å². The van der Waals surface area contributed by atoms with E-state index >= 15 is 0 Å². The molecule has 1 aliphatic heterocycles. The minimum Gasteiger partial charge on any atom is -0.395 e. The number of likely N-dealkylation sites (tertiary alicyclic amines) is 1. The van der Waals surface area contributed by atoms with Crippen molar-refractivity contribution < 1.29 is 9.90 Å². The normalized spacial score (nSPS) is 18.1. The molecule has 0 bridgehead atoms. The van der Waals surface area contributed by atoms with E-state index in [-0.39, 0.29) is 12.5 Å². The highest BCUT2D eigenvalue weighted by molar-refractivity contribution is 5.98. The Hall–Kier alpha value is -1.85. The standard InChI is InChI=1S/C20H29N3O2/c1-2-23-18-10-4-3-8-16(18)14-19(23)20(25)21-11-5-6-12-22-13-7-9-17(22)15-24/h3-4,8,10,14,17,24H,2,5-7,9,11-13,15H2,1H3,(H,21,25). The van der Waals surface area contributed by atoms with Crippen molar-refractivity contribution >= 4 is 16.8 Å². The Kier molecular flexibility index (Phi) is 6.10. The molecule has 25 heavy (non-hydrogen) atoms. The maximum absolute atomic E-state index is 12.5. The lowest BCUT2D eigenvalue weighted by molar-refractivity contribution is 0.0943. The summed E-state index contributed by atoms with van der Waals surface area (Å²) in [5.41, 5.74) is 1.85. The van der Waals surface area contributed by atoms with Crippen LogP contribution in [0, 0.1) is 0 Å². The van der Waals surface area contributed by atoms with Crippen molar-refractivity contribution in [2.45, 2.75) is 45.2 Å². The average Bonchev–Trinajstić information content (AvgIpc) is 3.24. The monoisotopic (exact) mass is 343 g/mol. The number of benzene rings is 1. The second kappa shape index (κ2) is 8.50. The van der Waals surface area contributed by atoms with Gasteiger partial charge in [-0.3, -0.25) is 9.69 Å². The van der Waals surface area contributed by atoms with Crippen molar-refractivity contribution in [3.63, 3.8) is 0 Å². The van der Waals surface area contributed by atoms with Gasteiger partial charge in [0.25, 0.3) is 5.91 Å². The number of amides is 1. The van der Waals surface area contributed by atoms with Crippen molar-refractivity contribution in [2.75, 3.05) is 26.2 Å². The zero-order chi connectivity index (χ0) is 17.6. The highest BCUT2D eigenvalue weighted by Crippen LogP contribution is 2.20. The molecule has 0 saturated carbocycles. The molecule has 5 nitrogen and oxygen atoms in total. The second-order valence-corrected chi connectivity index (χ2v) is 6.81. The topological polar surface area (TPSA) is 57.5 Å². The molecule has 0 radical (unpaired) electrons. The quantitative estimate of drug-likeness (QED) is 0.725. The molecule has 1 unspecified atom stereocenters. The van der Waals surface area contributed by atoms with Gasteiger partial charge in [-0.1, -0.05) is 18.2 Å². The zero-order valence-electron chi connectivity index (χ0n) is 15.1. The third kappa shape index (κ3) is 4.05. The average molecular weight is 343 g/mol. The lowest BCUT2D eigenvalue weighted by atomic mass is 10.2. The smallest absolute Gasteiger partial charge is 0.267 e. The van der Waals surface area contributed by atoms with Gasteiger partial charge in [0.15, 0.2) is 0 Å². The highest BCUT2D eigenvalue weighted by Gasteiger charge is 2.22. The van der Waals surface area contributed by atoms with E-state index in [9.17, 15) is 9.90 Å². The summed E-state index contributed by atoms with van der Waals surface area (Å²) < 4.78 is 2.07. The fourth-order valence-electron chi connectivity index (χ4n) is 3.87. The van der Waals surface area contributed by atoms with Gasteiger partial charge in [0.1, 0.15) is 5.69 Å². The number of carbonyl (C=O) groups excluding carboxylic acids is 1. The zero-order valence-corrected chi connectivity index (χ0v) is 15.1. The molecular weight excluding hydrogens is 314 g/mol. The molecule has 1 fully saturated rings. The molecule has 5 heteroatoms. The first-order valence-electron chi connectivity index (χ1n) is 9.46. The Morgan fingerprint density at radius 3 is 2.96 bits per heavy atom. The summed E-state index contributed by atoms with van der Waals surface area (Å²) >= 11 is 0. The van der Waals surface area contributed by atoms with Crippen LogP contribution in [0.15, 0.2) is 30.3 Å². The molecule has 0 aliphatic carbocycles. The predicted octanol–water partition coefficient (Wildman–Crippen LogP) is 2.63. The lowest BCUT2D eigenvalue weighted by Gasteiger charge is -2.22. The molecule has 3 rings (SSSR count). The first-order valence-corrected chi connectivity index (χ1v) is 9.46. The number of hydrogen-bond acceptors (Lipinski definition) is 3. The van der Waals surface area contributed by atoms with E-state index in [0.29, 0.717) is 12.6 Å². The van der Waals surface area contributed by atoms with Gasteiger partial charge in [0.05, 0.1) is 6.61 Å². The third-order valence-corrected chi connectivity index (χ3v) is 5.23. The first kappa shape index (κ1) is 18.0. The molecular formula is C20H29N3O2. The van der Waals surface area contributed by atoms with Gasteiger partial charge >= 0.3 is 0 Å². The third-order valence-electron chi connectivity index (χ3n) is 5.23. The van der Waals surface area contributed by atoms with Gasteiger partial charge < -0.3 is 15.0 Å². The summed E-state index contributed by atoms with van der Waals surface area (Å²) in [7, 11) is 0. The maximum Gasteiger partial charge on any atom is 0.267 e. The number of aromatic nitrogens is 1. The van der Waals surface area contributed by atoms with Gasteiger partial charge in [-0.15, -0.1) is 0 Å². The molecule has 2 N–H and O–H groups in total. The van der Waals surface area contributed by atoms with Crippen LogP contribution in [0.2, 0.25) is 0 Å². The van der Waals surface area contributed by atoms with Crippen LogP contribution in [0.5, 0.6) is 0 Å². The summed E-state index contributed by atoms with van der Waals surface area (Å²) in [5.74, 6) is 0.00690. The Morgan fingerprint density at radius 2 is 2.16 bits per heavy atom. The summed E-state index contributed by atoms with van der Waals surface area (Å²) in [6, 6.07) is 10.4. The van der Waals surface area contributed by atoms with Crippen molar-refractivity contribution in [1.29, 1.82) is 0 Å². The molecule has 1 aromatic carbocycles. The first-order chi connectivity index (χ1) is 12.2. The van der Waals surface area contributed by atoms with Crippen molar-refractivity contribution in [1.82, 2.24) is 14.8 Å². The van der Waals surface area contributed by atoms with Crippen LogP contribution in [-0.4, -0.2) is 52.8 Å². The largest absolute Gasteiger partial charge is 0.395 e. The number of carbonyl (C=O) groups is 1. The van der Waals surface area contributed by atoms with E-state index in [4.69, 9.17) is 0 Å². The maximum atomic E-state index is 12.5. The number of nitrogens with zero attached hydrogens (tertiary/aromatic N) is 2. The lowest BCUT2D eigenvalue weighted by Crippen LogP contribution is -2.33. The van der Waals surface area contributed by atoms with Crippen LogP contribution in [0.4, 0.5) is 0 Å². The number of unbranched alkanes of at least 4 members (excludes halogenated alkanes) is 1. The summed E-state index contributed by atoms with van der Waals surface area (Å²) in [4.78, 5) is 14.9. The number of aliphatic hydroxyl groups excluding tert-OH is 1. The Labute approximate surface area is 149 Å². The molecule has 1 amide bonds. The van der Waals surface area contributed by atoms with E-state index in [1.807, 2.05) is 24.3 Å². The summed E-state index contributed by atoms with van der Waals surface area (Å²) in [6.45, 7) is 5.91. The van der Waals surface area contributed by atoms with Gasteiger partial charge in [-0.25, -0.2) is 0 Å². The number of hydrogen-bond donors (Lipinski definition) is 2. The molecule has 136 valence electrons. The van der Waals surface area contributed by atoms with E-state index in [1.54, 1.807) is 0 Å². The number of nitrogens with one attached hydrogen (secondary N) is 1. The Balaban J connectivity index is 1.48. The molecule has 1 aliphatic rings. The van der Waals surface area contributed by atoms with Gasteiger partial charge in [-0.05, 0) is 57.8 Å². The van der Waals surface area contributed by atoms with Gasteiger partial charge in [0.2, 0.25) is 0 Å². The molecule has 1 saturated heterocycles. The van der Waals surface area contributed by atoms with Crippen molar-refractivity contribution in [3.8, 4) is 0 Å². The van der Waals surface area contributed by atoms with Crippen LogP contribution in [0.3, 0.4) is 0 Å². The number of fused-ring (bicyclic) bond motifs is 1. The van der Waals surface area contributed by atoms with Crippen LogP contribution < -0.4 is 5.32 Å². The van der Waals surface area contributed by atoms with E-state index in [1.165, 1.54) is 6.42 Å². The second-order valence-electron chi connectivity index (χ2n) is 6.81. The molecule has 2 heterocycles.